The summed E-state index contributed by atoms with van der Waals surface area (Å²) in [6.45, 7) is 0. The molecule has 0 aliphatic carbocycles. The smallest absolute Gasteiger partial charge is 0.0353 e. The molecule has 80 valence electrons. The van der Waals surface area contributed by atoms with Crippen LogP contribution in [0, 0.1) is 0 Å². The highest BCUT2D eigenvalue weighted by Crippen LogP contribution is 2.00. The Balaban J connectivity index is 0.000000364. The lowest BCUT2D eigenvalue weighted by Crippen LogP contribution is -1.91. The van der Waals surface area contributed by atoms with Gasteiger partial charge in [-0.2, -0.15) is 0 Å². The lowest BCUT2D eigenvalue weighted by Gasteiger charge is -2.02. The molecule has 14 heavy (non-hydrogen) atoms. The Bertz CT molecular complexity index is 295. The average Bonchev–Trinajstić information content (AvgIpc) is 2.03. The summed E-state index contributed by atoms with van der Waals surface area (Å²) in [5, 5.41) is 0. The molecule has 0 N–H and O–H groups in total. The first-order valence-corrected chi connectivity index (χ1v) is 6.36. The first kappa shape index (κ1) is 13.4. The lowest BCUT2D eigenvalue weighted by atomic mass is 10.2. The molecule has 0 aromatic heterocycles. The van der Waals surface area contributed by atoms with Crippen molar-refractivity contribution in [2.75, 3.05) is 6.26 Å². The minimum absolute atomic E-state index is 0.112. The second-order valence-corrected chi connectivity index (χ2v) is 4.03. The van der Waals surface area contributed by atoms with E-state index in [1.807, 2.05) is 18.2 Å². The van der Waals surface area contributed by atoms with Crippen LogP contribution in [0.3, 0.4) is 0 Å². The first-order valence-electron chi connectivity index (χ1n) is 3.63. The van der Waals surface area contributed by atoms with E-state index in [0.717, 1.165) is 11.8 Å². The van der Waals surface area contributed by atoms with Crippen LogP contribution in [-0.2, 0) is 27.9 Å². The summed E-state index contributed by atoms with van der Waals surface area (Å²) in [6, 6.07) is 9.08. The summed E-state index contributed by atoms with van der Waals surface area (Å²) in [5.74, 6) is 0.112. The van der Waals surface area contributed by atoms with Gasteiger partial charge in [0.1, 0.15) is 0 Å². The third kappa shape index (κ3) is 9.53. The summed E-state index contributed by atoms with van der Waals surface area (Å²) in [4.78, 5) is 0. The van der Waals surface area contributed by atoms with Gasteiger partial charge in [0.15, 0.2) is 0 Å². The van der Waals surface area contributed by atoms with E-state index in [0.29, 0.717) is 0 Å². The largest absolute Gasteiger partial charge is 0.773 e. The Kier molecular flexibility index (Phi) is 7.50. The predicted octanol–water partition coefficient (Wildman–Crippen LogP) is 0.561. The maximum atomic E-state index is 10.2. The minimum Gasteiger partial charge on any atom is -0.773 e. The van der Waals surface area contributed by atoms with Crippen LogP contribution in [0.25, 0.3) is 0 Å². The molecular formula is C8H10O4S2-2. The van der Waals surface area contributed by atoms with E-state index in [-0.39, 0.29) is 5.75 Å². The molecule has 0 spiro atoms. The summed E-state index contributed by atoms with van der Waals surface area (Å²) in [5.41, 5.74) is 0.829. The maximum Gasteiger partial charge on any atom is 0.0353 e. The first-order chi connectivity index (χ1) is 6.52. The van der Waals surface area contributed by atoms with Gasteiger partial charge in [0.2, 0.25) is 0 Å². The molecule has 4 nitrogen and oxygen atoms in total. The molecular weight excluding hydrogens is 224 g/mol. The highest BCUT2D eigenvalue weighted by molar-refractivity contribution is 7.78. The van der Waals surface area contributed by atoms with E-state index in [9.17, 15) is 8.76 Å². The molecule has 2 atom stereocenters. The van der Waals surface area contributed by atoms with E-state index in [1.165, 1.54) is 0 Å². The number of rotatable bonds is 2. The normalized spacial score (nSPS) is 13.6. The maximum absolute atomic E-state index is 10.2. The van der Waals surface area contributed by atoms with Crippen molar-refractivity contribution in [1.82, 2.24) is 0 Å². The quantitative estimate of drug-likeness (QED) is 0.700. The molecule has 1 aromatic rings. The summed E-state index contributed by atoms with van der Waals surface area (Å²) in [7, 11) is 0. The van der Waals surface area contributed by atoms with E-state index in [2.05, 4.69) is 0 Å². The molecule has 0 bridgehead atoms. The van der Waals surface area contributed by atoms with Crippen molar-refractivity contribution in [2.45, 2.75) is 5.75 Å². The summed E-state index contributed by atoms with van der Waals surface area (Å²) >= 11 is -3.83. The zero-order chi connectivity index (χ0) is 11.0. The van der Waals surface area contributed by atoms with E-state index in [1.54, 1.807) is 12.1 Å². The van der Waals surface area contributed by atoms with Gasteiger partial charge >= 0.3 is 0 Å². The van der Waals surface area contributed by atoms with Crippen molar-refractivity contribution in [1.29, 1.82) is 0 Å². The van der Waals surface area contributed by atoms with Gasteiger partial charge in [-0.1, -0.05) is 52.5 Å². The monoisotopic (exact) mass is 234 g/mol. The average molecular weight is 234 g/mol. The fourth-order valence-electron chi connectivity index (χ4n) is 0.710. The van der Waals surface area contributed by atoms with Crippen molar-refractivity contribution in [3.8, 4) is 0 Å². The van der Waals surface area contributed by atoms with Crippen LogP contribution in [0.15, 0.2) is 30.3 Å². The van der Waals surface area contributed by atoms with Crippen LogP contribution in [0.2, 0.25) is 0 Å². The molecule has 0 fully saturated rings. The van der Waals surface area contributed by atoms with Crippen molar-refractivity contribution < 1.29 is 17.5 Å². The highest BCUT2D eigenvalue weighted by atomic mass is 32.2. The summed E-state index contributed by atoms with van der Waals surface area (Å²) < 4.78 is 38.3. The third-order valence-corrected chi connectivity index (χ3v) is 1.70. The molecule has 0 heterocycles. The minimum atomic E-state index is -1.97. The van der Waals surface area contributed by atoms with Crippen LogP contribution >= 0.6 is 0 Å². The molecule has 0 aliphatic rings. The van der Waals surface area contributed by atoms with Gasteiger partial charge in [-0.05, 0) is 11.8 Å². The van der Waals surface area contributed by atoms with E-state index in [4.69, 9.17) is 8.76 Å². The van der Waals surface area contributed by atoms with Crippen molar-refractivity contribution in [3.05, 3.63) is 35.9 Å². The molecule has 0 saturated carbocycles. The Morgan fingerprint density at radius 1 is 1.14 bits per heavy atom. The second kappa shape index (κ2) is 7.81. The van der Waals surface area contributed by atoms with Crippen molar-refractivity contribution in [2.24, 2.45) is 0 Å². The Morgan fingerprint density at radius 2 is 1.57 bits per heavy atom. The fourth-order valence-corrected chi connectivity index (χ4v) is 1.17. The zero-order valence-corrected chi connectivity index (χ0v) is 9.18. The van der Waals surface area contributed by atoms with Gasteiger partial charge in [0.05, 0.1) is 0 Å². The third-order valence-electron chi connectivity index (χ3n) is 1.13. The lowest BCUT2D eigenvalue weighted by molar-refractivity contribution is 0.536. The zero-order valence-electron chi connectivity index (χ0n) is 7.54. The molecule has 0 amide bonds. The molecule has 0 saturated heterocycles. The number of benzene rings is 1. The van der Waals surface area contributed by atoms with Crippen LogP contribution < -0.4 is 0 Å². The summed E-state index contributed by atoms with van der Waals surface area (Å²) in [6.07, 6.45) is 1.08. The van der Waals surface area contributed by atoms with Gasteiger partial charge in [-0.15, -0.1) is 0 Å². The predicted molar refractivity (Wildman–Crippen MR) is 53.9 cm³/mol. The Morgan fingerprint density at radius 3 is 1.93 bits per heavy atom. The molecule has 6 heteroatoms. The van der Waals surface area contributed by atoms with Gasteiger partial charge in [0.25, 0.3) is 0 Å². The Labute approximate surface area is 87.9 Å². The number of hydrogen-bond donors (Lipinski definition) is 0. The SMILES string of the molecule is CS(=O)[O-].O=S([O-])Cc1ccccc1. The molecule has 0 radical (unpaired) electrons. The molecule has 1 aromatic carbocycles. The Hall–Kier alpha value is -0.560. The second-order valence-electron chi connectivity index (χ2n) is 2.34. The molecule has 0 aliphatic heterocycles. The van der Waals surface area contributed by atoms with Gasteiger partial charge in [-0.3, -0.25) is 8.42 Å². The number of hydrogen-bond acceptors (Lipinski definition) is 4. The van der Waals surface area contributed by atoms with Gasteiger partial charge in [-0.25, -0.2) is 0 Å². The molecule has 2 unspecified atom stereocenters. The standard InChI is InChI=1S/C7H8O2S.CH4O2S/c8-10(9)6-7-4-2-1-3-5-7;1-4(2)3/h1-5H,6H2,(H,8,9);1H3,(H,2,3)/p-2. The fraction of sp³-hybridized carbons (Fsp3) is 0.250. The van der Waals surface area contributed by atoms with Crippen LogP contribution in [0.1, 0.15) is 5.56 Å². The van der Waals surface area contributed by atoms with Crippen LogP contribution in [0.4, 0.5) is 0 Å². The van der Waals surface area contributed by atoms with Crippen LogP contribution in [0.5, 0.6) is 0 Å². The van der Waals surface area contributed by atoms with Gasteiger partial charge < -0.3 is 9.11 Å². The van der Waals surface area contributed by atoms with Crippen molar-refractivity contribution >= 4 is 22.2 Å². The van der Waals surface area contributed by atoms with Gasteiger partial charge in [0, 0.05) is 5.75 Å². The van der Waals surface area contributed by atoms with E-state index >= 15 is 0 Å². The van der Waals surface area contributed by atoms with Crippen molar-refractivity contribution in [3.63, 3.8) is 0 Å². The topological polar surface area (TPSA) is 80.3 Å². The van der Waals surface area contributed by atoms with E-state index < -0.39 is 22.2 Å². The van der Waals surface area contributed by atoms with Crippen LogP contribution in [-0.4, -0.2) is 23.8 Å². The highest BCUT2D eigenvalue weighted by Gasteiger charge is 1.87. The molecule has 1 rings (SSSR count).